The lowest BCUT2D eigenvalue weighted by atomic mass is 10.0. The van der Waals surface area contributed by atoms with Crippen molar-refractivity contribution in [2.24, 2.45) is 0 Å². The first kappa shape index (κ1) is 25.1. The first-order valence-electron chi connectivity index (χ1n) is 11.7. The van der Waals surface area contributed by atoms with Crippen LogP contribution in [0.5, 0.6) is 0 Å². The summed E-state index contributed by atoms with van der Waals surface area (Å²) in [6, 6.07) is 13.7. The summed E-state index contributed by atoms with van der Waals surface area (Å²) >= 11 is 0. The standard InChI is InChI=1S/C26H25F3N6O/c27-26(28,29)25-33-23(32-17-20-10-12-31-13-11-20)15-24(34-25)35-14-2-4-21(35)22(36)5-1-3-18-6-8-19(16-30)9-7-18/h6-13,15,21H,1-5,14,17H2,(H,32,33,34)/t21-/m0/s1. The number of Topliss-reactive ketones (excluding diaryl/α,β-unsaturated/α-hetero) is 1. The van der Waals surface area contributed by atoms with Crippen LogP contribution < -0.4 is 10.2 Å². The van der Waals surface area contributed by atoms with E-state index in [0.29, 0.717) is 44.2 Å². The largest absolute Gasteiger partial charge is 0.451 e. The summed E-state index contributed by atoms with van der Waals surface area (Å²) in [7, 11) is 0. The van der Waals surface area contributed by atoms with Crippen molar-refractivity contribution in [2.45, 2.75) is 50.9 Å². The number of carbonyl (C=O) groups excluding carboxylic acids is 1. The summed E-state index contributed by atoms with van der Waals surface area (Å²) < 4.78 is 40.7. The Labute approximate surface area is 207 Å². The number of nitrogens with one attached hydrogen (secondary N) is 1. The molecule has 7 nitrogen and oxygen atoms in total. The minimum absolute atomic E-state index is 0.0142. The molecular formula is C26H25F3N6O. The molecule has 0 aliphatic carbocycles. The molecule has 1 atom stereocenters. The van der Waals surface area contributed by atoms with E-state index in [0.717, 1.165) is 11.1 Å². The van der Waals surface area contributed by atoms with Gasteiger partial charge in [0.1, 0.15) is 11.6 Å². The minimum atomic E-state index is -4.72. The third-order valence-electron chi connectivity index (χ3n) is 6.08. The van der Waals surface area contributed by atoms with Crippen molar-refractivity contribution in [1.29, 1.82) is 5.26 Å². The Morgan fingerprint density at radius 1 is 1.11 bits per heavy atom. The Kier molecular flexibility index (Phi) is 7.78. The summed E-state index contributed by atoms with van der Waals surface area (Å²) in [5, 5.41) is 11.8. The summed E-state index contributed by atoms with van der Waals surface area (Å²) in [5.41, 5.74) is 2.45. The number of hydrogen-bond donors (Lipinski definition) is 1. The van der Waals surface area contributed by atoms with Gasteiger partial charge in [0, 0.05) is 38.0 Å². The van der Waals surface area contributed by atoms with Gasteiger partial charge in [0.15, 0.2) is 5.78 Å². The van der Waals surface area contributed by atoms with E-state index in [2.05, 4.69) is 26.3 Å². The maximum Gasteiger partial charge on any atom is 0.451 e. The Morgan fingerprint density at radius 3 is 2.56 bits per heavy atom. The molecule has 186 valence electrons. The fourth-order valence-corrected chi connectivity index (χ4v) is 4.25. The number of aryl methyl sites for hydroxylation is 1. The second kappa shape index (κ2) is 11.2. The normalized spacial score (nSPS) is 15.5. The van der Waals surface area contributed by atoms with Gasteiger partial charge in [-0.15, -0.1) is 0 Å². The van der Waals surface area contributed by atoms with E-state index in [4.69, 9.17) is 5.26 Å². The number of nitriles is 1. The van der Waals surface area contributed by atoms with Crippen LogP contribution in [0, 0.1) is 11.3 Å². The van der Waals surface area contributed by atoms with Crippen LogP contribution in [-0.2, 0) is 23.9 Å². The third kappa shape index (κ3) is 6.36. The highest BCUT2D eigenvalue weighted by Gasteiger charge is 2.38. The van der Waals surface area contributed by atoms with Gasteiger partial charge in [-0.25, -0.2) is 9.97 Å². The molecule has 0 spiro atoms. The molecule has 1 N–H and O–H groups in total. The quantitative estimate of drug-likeness (QED) is 0.450. The van der Waals surface area contributed by atoms with Crippen molar-refractivity contribution < 1.29 is 18.0 Å². The fraction of sp³-hybridized carbons (Fsp3) is 0.346. The van der Waals surface area contributed by atoms with Gasteiger partial charge in [0.05, 0.1) is 17.7 Å². The minimum Gasteiger partial charge on any atom is -0.366 e. The van der Waals surface area contributed by atoms with Gasteiger partial charge in [-0.05, 0) is 61.1 Å². The molecule has 0 unspecified atom stereocenters. The number of benzene rings is 1. The summed E-state index contributed by atoms with van der Waals surface area (Å²) in [4.78, 5) is 26.1. The number of alkyl halides is 3. The van der Waals surface area contributed by atoms with Gasteiger partial charge < -0.3 is 10.2 Å². The first-order valence-corrected chi connectivity index (χ1v) is 11.7. The van der Waals surface area contributed by atoms with E-state index < -0.39 is 18.0 Å². The second-order valence-corrected chi connectivity index (χ2v) is 8.62. The lowest BCUT2D eigenvalue weighted by molar-refractivity contribution is -0.144. The predicted octanol–water partition coefficient (Wildman–Crippen LogP) is 4.93. The molecule has 1 saturated heterocycles. The second-order valence-electron chi connectivity index (χ2n) is 8.62. The van der Waals surface area contributed by atoms with Gasteiger partial charge in [-0.3, -0.25) is 9.78 Å². The van der Waals surface area contributed by atoms with Crippen LogP contribution >= 0.6 is 0 Å². The Hall–Kier alpha value is -4.00. The predicted molar refractivity (Wildman–Crippen MR) is 128 cm³/mol. The average Bonchev–Trinajstić information content (AvgIpc) is 3.38. The molecule has 0 radical (unpaired) electrons. The van der Waals surface area contributed by atoms with Crippen molar-refractivity contribution in [3.8, 4) is 6.07 Å². The van der Waals surface area contributed by atoms with E-state index in [9.17, 15) is 18.0 Å². The topological polar surface area (TPSA) is 94.8 Å². The molecule has 0 saturated carbocycles. The lowest BCUT2D eigenvalue weighted by Gasteiger charge is -2.26. The van der Waals surface area contributed by atoms with Crippen LogP contribution in [0.2, 0.25) is 0 Å². The van der Waals surface area contributed by atoms with Gasteiger partial charge >= 0.3 is 6.18 Å². The Bertz CT molecular complexity index is 1230. The number of rotatable bonds is 9. The zero-order valence-corrected chi connectivity index (χ0v) is 19.5. The zero-order chi connectivity index (χ0) is 25.5. The van der Waals surface area contributed by atoms with Crippen LogP contribution in [-0.4, -0.2) is 33.3 Å². The van der Waals surface area contributed by atoms with Gasteiger partial charge in [0.2, 0.25) is 5.82 Å². The number of anilines is 2. The van der Waals surface area contributed by atoms with E-state index in [1.807, 2.05) is 12.1 Å². The molecule has 36 heavy (non-hydrogen) atoms. The monoisotopic (exact) mass is 494 g/mol. The molecule has 1 aromatic carbocycles. The number of pyridine rings is 1. The van der Waals surface area contributed by atoms with Crippen molar-refractivity contribution in [3.63, 3.8) is 0 Å². The van der Waals surface area contributed by atoms with Gasteiger partial charge in [-0.1, -0.05) is 12.1 Å². The Morgan fingerprint density at radius 2 is 1.86 bits per heavy atom. The van der Waals surface area contributed by atoms with Crippen LogP contribution in [0.3, 0.4) is 0 Å². The van der Waals surface area contributed by atoms with Gasteiger partial charge in [0.25, 0.3) is 0 Å². The average molecular weight is 495 g/mol. The first-order chi connectivity index (χ1) is 17.3. The van der Waals surface area contributed by atoms with E-state index >= 15 is 0 Å². The third-order valence-corrected chi connectivity index (χ3v) is 6.08. The lowest BCUT2D eigenvalue weighted by Crippen LogP contribution is -2.37. The molecule has 3 heterocycles. The molecule has 1 aliphatic rings. The van der Waals surface area contributed by atoms with Crippen LogP contribution in [0.25, 0.3) is 0 Å². The van der Waals surface area contributed by atoms with Crippen molar-refractivity contribution >= 4 is 17.4 Å². The van der Waals surface area contributed by atoms with Crippen molar-refractivity contribution in [1.82, 2.24) is 15.0 Å². The molecule has 4 rings (SSSR count). The molecule has 0 amide bonds. The fourth-order valence-electron chi connectivity index (χ4n) is 4.25. The SMILES string of the molecule is N#Cc1ccc(CCCC(=O)[C@@H]2CCCN2c2cc(NCc3ccncc3)nc(C(F)(F)F)n2)cc1. The number of aromatic nitrogens is 3. The number of carbonyl (C=O) groups is 1. The number of halogens is 3. The maximum absolute atomic E-state index is 13.6. The molecule has 3 aromatic rings. The van der Waals surface area contributed by atoms with E-state index in [1.54, 1.807) is 41.6 Å². The number of hydrogen-bond acceptors (Lipinski definition) is 7. The summed E-state index contributed by atoms with van der Waals surface area (Å²) in [5.74, 6) is -1.11. The van der Waals surface area contributed by atoms with Crippen LogP contribution in [0.1, 0.15) is 48.2 Å². The molecule has 0 bridgehead atoms. The van der Waals surface area contributed by atoms with Gasteiger partial charge in [-0.2, -0.15) is 18.4 Å². The van der Waals surface area contributed by atoms with E-state index in [1.165, 1.54) is 6.07 Å². The maximum atomic E-state index is 13.6. The van der Waals surface area contributed by atoms with Crippen molar-refractivity contribution in [2.75, 3.05) is 16.8 Å². The highest BCUT2D eigenvalue weighted by atomic mass is 19.4. The smallest absolute Gasteiger partial charge is 0.366 e. The number of ketones is 1. The Balaban J connectivity index is 1.45. The highest BCUT2D eigenvalue weighted by Crippen LogP contribution is 2.32. The summed E-state index contributed by atoms with van der Waals surface area (Å²) in [6.45, 7) is 0.720. The van der Waals surface area contributed by atoms with E-state index in [-0.39, 0.29) is 24.0 Å². The van der Waals surface area contributed by atoms with Crippen molar-refractivity contribution in [3.05, 3.63) is 77.4 Å². The summed E-state index contributed by atoms with van der Waals surface area (Å²) in [6.07, 6.45) is 1.36. The molecule has 1 aliphatic heterocycles. The zero-order valence-electron chi connectivity index (χ0n) is 19.5. The van der Waals surface area contributed by atoms with Crippen LogP contribution in [0.15, 0.2) is 54.9 Å². The molecule has 2 aromatic heterocycles. The number of nitrogens with zero attached hydrogens (tertiary/aromatic N) is 5. The molecular weight excluding hydrogens is 469 g/mol. The molecule has 1 fully saturated rings. The molecule has 10 heteroatoms. The van der Waals surface area contributed by atoms with Crippen LogP contribution in [0.4, 0.5) is 24.8 Å². The highest BCUT2D eigenvalue weighted by molar-refractivity contribution is 5.87.